The van der Waals surface area contributed by atoms with Crippen molar-refractivity contribution in [2.24, 2.45) is 11.8 Å². The molecule has 0 aliphatic carbocycles. The Labute approximate surface area is 90.9 Å². The van der Waals surface area contributed by atoms with Gasteiger partial charge in [-0.3, -0.25) is 0 Å². The van der Waals surface area contributed by atoms with Gasteiger partial charge in [0.1, 0.15) is 0 Å². The highest BCUT2D eigenvalue weighted by Gasteiger charge is 2.27. The lowest BCUT2D eigenvalue weighted by Gasteiger charge is -2.31. The van der Waals surface area contributed by atoms with E-state index in [1.807, 2.05) is 0 Å². The quantitative estimate of drug-likeness (QED) is 0.663. The van der Waals surface area contributed by atoms with Crippen LogP contribution in [0, 0.1) is 11.8 Å². The van der Waals surface area contributed by atoms with E-state index in [-0.39, 0.29) is 0 Å². The number of rotatable bonds is 2. The van der Waals surface area contributed by atoms with Gasteiger partial charge in [-0.25, -0.2) is 0 Å². The third kappa shape index (κ3) is 2.85. The van der Waals surface area contributed by atoms with Gasteiger partial charge in [0.2, 0.25) is 0 Å². The molecule has 2 aliphatic rings. The number of hydrogen-bond donors (Lipinski definition) is 0. The normalized spacial score (nSPS) is 35.8. The Hall–Kier alpha value is 0.210. The largest absolute Gasteiger partial charge is 0.381 e. The van der Waals surface area contributed by atoms with Crippen molar-refractivity contribution < 1.29 is 9.47 Å². The van der Waals surface area contributed by atoms with Crippen molar-refractivity contribution in [3.63, 3.8) is 0 Å². The Bertz CT molecular complexity index is 169. The smallest absolute Gasteiger partial charge is 0.0508 e. The number of hydrogen-bond acceptors (Lipinski definition) is 2. The van der Waals surface area contributed by atoms with E-state index in [2.05, 4.69) is 0 Å². The Morgan fingerprint density at radius 2 is 1.71 bits per heavy atom. The highest BCUT2D eigenvalue weighted by atomic mass is 35.5. The van der Waals surface area contributed by atoms with Gasteiger partial charge >= 0.3 is 0 Å². The summed E-state index contributed by atoms with van der Waals surface area (Å²) in [5.74, 6) is 1.39. The molecule has 3 heteroatoms. The first-order valence-corrected chi connectivity index (χ1v) is 6.09. The zero-order valence-electron chi connectivity index (χ0n) is 8.58. The van der Waals surface area contributed by atoms with Crippen molar-refractivity contribution in [3.8, 4) is 0 Å². The maximum absolute atomic E-state index is 6.29. The Balaban J connectivity index is 1.76. The maximum atomic E-state index is 6.29. The first-order chi connectivity index (χ1) is 6.86. The fourth-order valence-electron chi connectivity index (χ4n) is 2.40. The molecule has 2 aliphatic heterocycles. The van der Waals surface area contributed by atoms with Crippen LogP contribution < -0.4 is 0 Å². The summed E-state index contributed by atoms with van der Waals surface area (Å²) in [5.41, 5.74) is 0. The van der Waals surface area contributed by atoms with Crippen LogP contribution in [0.25, 0.3) is 0 Å². The molecule has 2 fully saturated rings. The Morgan fingerprint density at radius 3 is 2.43 bits per heavy atom. The molecule has 0 radical (unpaired) electrons. The van der Waals surface area contributed by atoms with E-state index in [0.29, 0.717) is 11.3 Å². The van der Waals surface area contributed by atoms with Crippen LogP contribution in [0.5, 0.6) is 0 Å². The molecule has 0 N–H and O–H groups in total. The molecule has 0 bridgehead atoms. The van der Waals surface area contributed by atoms with Crippen LogP contribution in [0.2, 0.25) is 0 Å². The maximum Gasteiger partial charge on any atom is 0.0508 e. The van der Waals surface area contributed by atoms with Crippen molar-refractivity contribution >= 4 is 11.6 Å². The Morgan fingerprint density at radius 1 is 1.00 bits per heavy atom. The lowest BCUT2D eigenvalue weighted by atomic mass is 9.86. The van der Waals surface area contributed by atoms with Crippen molar-refractivity contribution in [2.45, 2.75) is 31.1 Å². The minimum absolute atomic E-state index is 0.339. The Kier molecular flexibility index (Phi) is 4.09. The van der Waals surface area contributed by atoms with Crippen LogP contribution in [-0.4, -0.2) is 31.8 Å². The van der Waals surface area contributed by atoms with Crippen LogP contribution in [0.15, 0.2) is 0 Å². The minimum atomic E-state index is 0.339. The van der Waals surface area contributed by atoms with E-state index >= 15 is 0 Å². The van der Waals surface area contributed by atoms with Gasteiger partial charge in [-0.1, -0.05) is 0 Å². The molecule has 82 valence electrons. The molecule has 0 spiro atoms. The predicted molar refractivity (Wildman–Crippen MR) is 56.7 cm³/mol. The molecule has 2 nitrogen and oxygen atoms in total. The molecule has 0 aromatic rings. The summed E-state index contributed by atoms with van der Waals surface area (Å²) >= 11 is 6.29. The summed E-state index contributed by atoms with van der Waals surface area (Å²) < 4.78 is 10.8. The van der Waals surface area contributed by atoms with Crippen molar-refractivity contribution in [3.05, 3.63) is 0 Å². The third-order valence-electron chi connectivity index (χ3n) is 3.36. The monoisotopic (exact) mass is 218 g/mol. The first-order valence-electron chi connectivity index (χ1n) is 5.66. The zero-order valence-corrected chi connectivity index (χ0v) is 9.34. The molecular weight excluding hydrogens is 200 g/mol. The van der Waals surface area contributed by atoms with E-state index in [1.54, 1.807) is 0 Å². The number of halogens is 1. The molecule has 2 saturated heterocycles. The summed E-state index contributed by atoms with van der Waals surface area (Å²) in [5, 5.41) is 0.339. The molecule has 2 rings (SSSR count). The van der Waals surface area contributed by atoms with E-state index < -0.39 is 0 Å². The van der Waals surface area contributed by atoms with Gasteiger partial charge in [-0.2, -0.15) is 0 Å². The average molecular weight is 219 g/mol. The summed E-state index contributed by atoms with van der Waals surface area (Å²) in [6, 6.07) is 0. The molecule has 2 unspecified atom stereocenters. The molecule has 0 saturated carbocycles. The fourth-order valence-corrected chi connectivity index (χ4v) is 2.66. The SMILES string of the molecule is ClC1CCOCC1CC1CCOCC1. The standard InChI is InChI=1S/C11H19ClO2/c12-11-3-6-14-8-10(11)7-9-1-4-13-5-2-9/h9-11H,1-8H2. The van der Waals surface area contributed by atoms with E-state index in [9.17, 15) is 0 Å². The van der Waals surface area contributed by atoms with Gasteiger partial charge in [0.25, 0.3) is 0 Å². The van der Waals surface area contributed by atoms with Crippen LogP contribution >= 0.6 is 11.6 Å². The first kappa shape index (κ1) is 10.7. The van der Waals surface area contributed by atoms with E-state index in [4.69, 9.17) is 21.1 Å². The van der Waals surface area contributed by atoms with Crippen molar-refractivity contribution in [2.75, 3.05) is 26.4 Å². The van der Waals surface area contributed by atoms with E-state index in [0.717, 1.165) is 38.8 Å². The molecule has 14 heavy (non-hydrogen) atoms. The fraction of sp³-hybridized carbons (Fsp3) is 1.00. The van der Waals surface area contributed by atoms with Crippen LogP contribution in [0.3, 0.4) is 0 Å². The summed E-state index contributed by atoms with van der Waals surface area (Å²) in [6.45, 7) is 3.58. The van der Waals surface area contributed by atoms with Crippen LogP contribution in [0.1, 0.15) is 25.7 Å². The highest BCUT2D eigenvalue weighted by Crippen LogP contribution is 2.30. The molecule has 2 heterocycles. The van der Waals surface area contributed by atoms with Crippen molar-refractivity contribution in [1.82, 2.24) is 0 Å². The van der Waals surface area contributed by atoms with Gasteiger partial charge in [-0.05, 0) is 37.5 Å². The van der Waals surface area contributed by atoms with Gasteiger partial charge in [-0.15, -0.1) is 11.6 Å². The van der Waals surface area contributed by atoms with Crippen LogP contribution in [0.4, 0.5) is 0 Å². The predicted octanol–water partition coefficient (Wildman–Crippen LogP) is 2.45. The minimum Gasteiger partial charge on any atom is -0.381 e. The number of alkyl halides is 1. The van der Waals surface area contributed by atoms with Gasteiger partial charge in [0.15, 0.2) is 0 Å². The molecule has 0 aromatic heterocycles. The van der Waals surface area contributed by atoms with Gasteiger partial charge < -0.3 is 9.47 Å². The number of ether oxygens (including phenoxy) is 2. The van der Waals surface area contributed by atoms with Gasteiger partial charge in [0, 0.05) is 25.2 Å². The van der Waals surface area contributed by atoms with Gasteiger partial charge in [0.05, 0.1) is 6.61 Å². The molecule has 0 amide bonds. The molecular formula is C11H19ClO2. The molecule has 0 aromatic carbocycles. The topological polar surface area (TPSA) is 18.5 Å². The molecule has 2 atom stereocenters. The van der Waals surface area contributed by atoms with E-state index in [1.165, 1.54) is 19.3 Å². The summed E-state index contributed by atoms with van der Waals surface area (Å²) in [6.07, 6.45) is 4.67. The second-order valence-electron chi connectivity index (χ2n) is 4.43. The second kappa shape index (κ2) is 5.34. The van der Waals surface area contributed by atoms with Crippen LogP contribution in [-0.2, 0) is 9.47 Å². The zero-order chi connectivity index (χ0) is 9.80. The average Bonchev–Trinajstić information content (AvgIpc) is 2.23. The summed E-state index contributed by atoms with van der Waals surface area (Å²) in [7, 11) is 0. The third-order valence-corrected chi connectivity index (χ3v) is 3.93. The highest BCUT2D eigenvalue weighted by molar-refractivity contribution is 6.20. The second-order valence-corrected chi connectivity index (χ2v) is 4.99. The summed E-state index contributed by atoms with van der Waals surface area (Å²) in [4.78, 5) is 0. The lowest BCUT2D eigenvalue weighted by Crippen LogP contribution is -2.31. The lowest BCUT2D eigenvalue weighted by molar-refractivity contribution is 0.0240. The van der Waals surface area contributed by atoms with Crippen molar-refractivity contribution in [1.29, 1.82) is 0 Å².